The Morgan fingerprint density at radius 1 is 1.56 bits per heavy atom. The molecule has 1 aliphatic heterocycles. The molecule has 98 valence electrons. The lowest BCUT2D eigenvalue weighted by atomic mass is 10.0. The second-order valence-corrected chi connectivity index (χ2v) is 4.83. The molecule has 1 fully saturated rings. The topological polar surface area (TPSA) is 45.2 Å². The summed E-state index contributed by atoms with van der Waals surface area (Å²) in [6.07, 6.45) is 4.26. The highest BCUT2D eigenvalue weighted by molar-refractivity contribution is 5.76. The molecule has 1 aromatic heterocycles. The Kier molecular flexibility index (Phi) is 3.91. The van der Waals surface area contributed by atoms with Gasteiger partial charge in [-0.05, 0) is 25.0 Å². The zero-order valence-corrected chi connectivity index (χ0v) is 10.7. The van der Waals surface area contributed by atoms with Crippen LogP contribution in [0.1, 0.15) is 31.4 Å². The lowest BCUT2D eigenvalue weighted by molar-refractivity contribution is -0.132. The van der Waals surface area contributed by atoms with Gasteiger partial charge in [0.25, 0.3) is 0 Å². The van der Waals surface area contributed by atoms with Crippen molar-refractivity contribution in [3.63, 3.8) is 0 Å². The molecule has 1 aliphatic rings. The fraction of sp³-hybridized carbons (Fsp3) is 0.538. The Balaban J connectivity index is 1.95. The quantitative estimate of drug-likeness (QED) is 0.885. The molecule has 2 atom stereocenters. The number of hydrogen-bond acceptors (Lipinski definition) is 3. The maximum atomic E-state index is 13.1. The number of nitrogens with one attached hydrogen (secondary N) is 1. The number of nitrogens with zero attached hydrogens (tertiary/aromatic N) is 2. The second-order valence-electron chi connectivity index (χ2n) is 4.83. The lowest BCUT2D eigenvalue weighted by Gasteiger charge is -2.32. The molecule has 2 rings (SSSR count). The molecule has 0 aromatic carbocycles. The minimum Gasteiger partial charge on any atom is -0.344 e. The van der Waals surface area contributed by atoms with E-state index in [0.717, 1.165) is 12.0 Å². The summed E-state index contributed by atoms with van der Waals surface area (Å²) in [5, 5.41) is 3.41. The van der Waals surface area contributed by atoms with Gasteiger partial charge in [0.1, 0.15) is 5.82 Å². The third kappa shape index (κ3) is 3.04. The van der Waals surface area contributed by atoms with Crippen molar-refractivity contribution in [3.05, 3.63) is 29.8 Å². The third-order valence-electron chi connectivity index (χ3n) is 3.34. The number of carbonyl (C=O) groups excluding carboxylic acids is 1. The van der Waals surface area contributed by atoms with Crippen molar-refractivity contribution in [3.8, 4) is 0 Å². The molecule has 0 saturated carbocycles. The largest absolute Gasteiger partial charge is 0.344 e. The third-order valence-corrected chi connectivity index (χ3v) is 3.34. The van der Waals surface area contributed by atoms with E-state index in [1.165, 1.54) is 12.3 Å². The van der Waals surface area contributed by atoms with E-state index in [4.69, 9.17) is 0 Å². The molecule has 1 aromatic rings. The SMILES string of the molecule is CC(NC1CCC(=O)N(C)C1)c1cncc(F)c1. The van der Waals surface area contributed by atoms with E-state index in [1.807, 2.05) is 14.0 Å². The standard InChI is InChI=1S/C13H18FN3O/c1-9(10-5-11(14)7-15-6-10)16-12-3-4-13(18)17(2)8-12/h5-7,9,12,16H,3-4,8H2,1-2H3. The van der Waals surface area contributed by atoms with Crippen LogP contribution in [0.4, 0.5) is 4.39 Å². The van der Waals surface area contributed by atoms with E-state index in [-0.39, 0.29) is 23.8 Å². The highest BCUT2D eigenvalue weighted by atomic mass is 19.1. The van der Waals surface area contributed by atoms with Crippen molar-refractivity contribution in [1.82, 2.24) is 15.2 Å². The van der Waals surface area contributed by atoms with Crippen LogP contribution in [0.15, 0.2) is 18.5 Å². The van der Waals surface area contributed by atoms with E-state index < -0.39 is 0 Å². The van der Waals surface area contributed by atoms with Crippen LogP contribution < -0.4 is 5.32 Å². The van der Waals surface area contributed by atoms with E-state index in [2.05, 4.69) is 10.3 Å². The maximum absolute atomic E-state index is 13.1. The average molecular weight is 251 g/mol. The highest BCUT2D eigenvalue weighted by Crippen LogP contribution is 2.16. The molecule has 4 nitrogen and oxygen atoms in total. The van der Waals surface area contributed by atoms with Gasteiger partial charge in [0.2, 0.25) is 5.91 Å². The molecule has 18 heavy (non-hydrogen) atoms. The van der Waals surface area contributed by atoms with Gasteiger partial charge < -0.3 is 10.2 Å². The molecule has 0 bridgehead atoms. The lowest BCUT2D eigenvalue weighted by Crippen LogP contribution is -2.47. The Labute approximate surface area is 106 Å². The zero-order valence-electron chi connectivity index (χ0n) is 10.7. The maximum Gasteiger partial charge on any atom is 0.222 e. The van der Waals surface area contributed by atoms with Crippen LogP contribution in [0.25, 0.3) is 0 Å². The van der Waals surface area contributed by atoms with Crippen LogP contribution in [0, 0.1) is 5.82 Å². The van der Waals surface area contributed by atoms with Crippen LogP contribution >= 0.6 is 0 Å². The van der Waals surface area contributed by atoms with Gasteiger partial charge in [-0.3, -0.25) is 9.78 Å². The van der Waals surface area contributed by atoms with Gasteiger partial charge in [-0.2, -0.15) is 0 Å². The number of rotatable bonds is 3. The normalized spacial score (nSPS) is 22.1. The van der Waals surface area contributed by atoms with E-state index in [0.29, 0.717) is 13.0 Å². The first-order valence-corrected chi connectivity index (χ1v) is 6.16. The van der Waals surface area contributed by atoms with Crippen molar-refractivity contribution in [1.29, 1.82) is 0 Å². The number of halogens is 1. The molecule has 1 saturated heterocycles. The van der Waals surface area contributed by atoms with Gasteiger partial charge in [-0.25, -0.2) is 4.39 Å². The Morgan fingerprint density at radius 3 is 3.00 bits per heavy atom. The number of pyridine rings is 1. The Bertz CT molecular complexity index is 438. The van der Waals surface area contributed by atoms with Crippen molar-refractivity contribution in [2.75, 3.05) is 13.6 Å². The van der Waals surface area contributed by atoms with Crippen molar-refractivity contribution in [2.45, 2.75) is 31.8 Å². The number of hydrogen-bond donors (Lipinski definition) is 1. The van der Waals surface area contributed by atoms with E-state index in [1.54, 1.807) is 11.1 Å². The van der Waals surface area contributed by atoms with Crippen LogP contribution in [0.5, 0.6) is 0 Å². The first-order chi connectivity index (χ1) is 8.56. The highest BCUT2D eigenvalue weighted by Gasteiger charge is 2.24. The van der Waals surface area contributed by atoms with Crippen LogP contribution in [-0.2, 0) is 4.79 Å². The number of piperidine rings is 1. The summed E-state index contributed by atoms with van der Waals surface area (Å²) in [5.41, 5.74) is 0.828. The van der Waals surface area contributed by atoms with Crippen LogP contribution in [0.2, 0.25) is 0 Å². The van der Waals surface area contributed by atoms with Gasteiger partial charge in [-0.1, -0.05) is 0 Å². The molecule has 0 radical (unpaired) electrons. The summed E-state index contributed by atoms with van der Waals surface area (Å²) in [5.74, 6) is -0.134. The minimum atomic E-state index is -0.322. The van der Waals surface area contributed by atoms with Crippen molar-refractivity contribution < 1.29 is 9.18 Å². The summed E-state index contributed by atoms with van der Waals surface area (Å²) in [6, 6.07) is 1.77. The predicted molar refractivity (Wildman–Crippen MR) is 66.4 cm³/mol. The number of likely N-dealkylation sites (tertiary alicyclic amines) is 1. The summed E-state index contributed by atoms with van der Waals surface area (Å²) in [6.45, 7) is 2.68. The molecule has 0 spiro atoms. The van der Waals surface area contributed by atoms with Crippen molar-refractivity contribution in [2.24, 2.45) is 0 Å². The second kappa shape index (κ2) is 5.44. The Hall–Kier alpha value is -1.49. The van der Waals surface area contributed by atoms with Crippen LogP contribution in [-0.4, -0.2) is 35.4 Å². The van der Waals surface area contributed by atoms with Gasteiger partial charge in [0.05, 0.1) is 6.20 Å². The first kappa shape index (κ1) is 13.0. The number of aromatic nitrogens is 1. The molecular formula is C13H18FN3O. The summed E-state index contributed by atoms with van der Waals surface area (Å²) in [4.78, 5) is 17.0. The number of carbonyl (C=O) groups is 1. The van der Waals surface area contributed by atoms with Crippen molar-refractivity contribution >= 4 is 5.91 Å². The molecule has 1 N–H and O–H groups in total. The van der Waals surface area contributed by atoms with Gasteiger partial charge in [-0.15, -0.1) is 0 Å². The zero-order chi connectivity index (χ0) is 13.1. The average Bonchev–Trinajstić information content (AvgIpc) is 2.34. The molecule has 0 aliphatic carbocycles. The summed E-state index contributed by atoms with van der Waals surface area (Å²) >= 11 is 0. The number of likely N-dealkylation sites (N-methyl/N-ethyl adjacent to an activating group) is 1. The summed E-state index contributed by atoms with van der Waals surface area (Å²) < 4.78 is 13.1. The minimum absolute atomic E-state index is 0.0276. The van der Waals surface area contributed by atoms with Gasteiger partial charge in [0.15, 0.2) is 0 Å². The molecule has 2 unspecified atom stereocenters. The molecular weight excluding hydrogens is 233 g/mol. The van der Waals surface area contributed by atoms with E-state index in [9.17, 15) is 9.18 Å². The first-order valence-electron chi connectivity index (χ1n) is 6.16. The van der Waals surface area contributed by atoms with Gasteiger partial charge >= 0.3 is 0 Å². The monoisotopic (exact) mass is 251 g/mol. The molecule has 5 heteroatoms. The Morgan fingerprint density at radius 2 is 2.33 bits per heavy atom. The summed E-state index contributed by atoms with van der Waals surface area (Å²) in [7, 11) is 1.81. The fourth-order valence-electron chi connectivity index (χ4n) is 2.26. The molecule has 2 heterocycles. The molecule has 1 amide bonds. The van der Waals surface area contributed by atoms with E-state index >= 15 is 0 Å². The van der Waals surface area contributed by atoms with Crippen LogP contribution in [0.3, 0.4) is 0 Å². The fourth-order valence-corrected chi connectivity index (χ4v) is 2.26. The van der Waals surface area contributed by atoms with Gasteiger partial charge in [0, 0.05) is 38.3 Å². The number of amides is 1. The smallest absolute Gasteiger partial charge is 0.222 e. The predicted octanol–water partition coefficient (Wildman–Crippen LogP) is 1.49.